The molecule has 2 heterocycles. The molecule has 0 spiro atoms. The number of Topliss-reactive ketones (excluding diaryl/α,β-unsaturated/α-hetero) is 1. The molecule has 0 atom stereocenters. The molecule has 0 N–H and O–H groups in total. The molecule has 0 fully saturated rings. The fourth-order valence-corrected chi connectivity index (χ4v) is 3.91. The molecule has 0 aliphatic carbocycles. The molecule has 0 amide bonds. The summed E-state index contributed by atoms with van der Waals surface area (Å²) in [5.41, 5.74) is 0.203. The molecular formula is C16H13ClO4S2. The van der Waals surface area contributed by atoms with Crippen LogP contribution in [0.2, 0.25) is 0 Å². The van der Waals surface area contributed by atoms with Gasteiger partial charge >= 0.3 is 0 Å². The summed E-state index contributed by atoms with van der Waals surface area (Å²) in [6.45, 7) is 3.43. The number of rotatable bonds is 3. The van der Waals surface area contributed by atoms with Crippen molar-refractivity contribution in [3.05, 3.63) is 52.2 Å². The first-order valence-electron chi connectivity index (χ1n) is 6.77. The van der Waals surface area contributed by atoms with E-state index >= 15 is 0 Å². The molecule has 1 aromatic carbocycles. The summed E-state index contributed by atoms with van der Waals surface area (Å²) < 4.78 is 28.5. The Morgan fingerprint density at radius 3 is 2.30 bits per heavy atom. The van der Waals surface area contributed by atoms with Crippen LogP contribution in [0.3, 0.4) is 0 Å². The fourth-order valence-electron chi connectivity index (χ4n) is 2.37. The number of benzene rings is 1. The van der Waals surface area contributed by atoms with Crippen molar-refractivity contribution in [1.29, 1.82) is 0 Å². The number of halogens is 1. The molecular weight excluding hydrogens is 356 g/mol. The van der Waals surface area contributed by atoms with Gasteiger partial charge in [0.05, 0.1) is 10.5 Å². The van der Waals surface area contributed by atoms with Crippen molar-refractivity contribution in [2.45, 2.75) is 24.3 Å². The van der Waals surface area contributed by atoms with Gasteiger partial charge in [-0.15, -0.1) is 11.3 Å². The third-order valence-corrected chi connectivity index (χ3v) is 5.78. The number of thiophene rings is 1. The second-order valence-corrected chi connectivity index (χ2v) is 9.10. The molecule has 0 unspecified atom stereocenters. The summed E-state index contributed by atoms with van der Waals surface area (Å²) in [6, 6.07) is 9.71. The van der Waals surface area contributed by atoms with Crippen molar-refractivity contribution < 1.29 is 17.9 Å². The molecule has 0 radical (unpaired) electrons. The van der Waals surface area contributed by atoms with Gasteiger partial charge in [0.25, 0.3) is 9.05 Å². The van der Waals surface area contributed by atoms with Crippen molar-refractivity contribution >= 4 is 48.2 Å². The van der Waals surface area contributed by atoms with Crippen LogP contribution in [0.15, 0.2) is 46.7 Å². The van der Waals surface area contributed by atoms with E-state index in [0.29, 0.717) is 16.9 Å². The third kappa shape index (κ3) is 2.94. The lowest BCUT2D eigenvalue weighted by molar-refractivity contribution is -0.125. The predicted molar refractivity (Wildman–Crippen MR) is 90.8 cm³/mol. The standard InChI is InChI=1S/C16H13ClO4S2/c1-16(2)15(18)13(12-4-3-9-22-12)14(21-16)10-5-7-11(8-6-10)23(17,19)20/h3-9H,1-2H3. The summed E-state index contributed by atoms with van der Waals surface area (Å²) in [7, 11) is 1.54. The van der Waals surface area contributed by atoms with Crippen molar-refractivity contribution in [2.75, 3.05) is 0 Å². The molecule has 1 aliphatic heterocycles. The van der Waals surface area contributed by atoms with Gasteiger partial charge in [0.1, 0.15) is 5.76 Å². The SMILES string of the molecule is CC1(C)OC(c2ccc(S(=O)(=O)Cl)cc2)=C(c2cccs2)C1=O. The van der Waals surface area contributed by atoms with Crippen molar-refractivity contribution in [1.82, 2.24) is 0 Å². The molecule has 7 heteroatoms. The number of carbonyl (C=O) groups is 1. The Kier molecular flexibility index (Phi) is 3.86. The van der Waals surface area contributed by atoms with Crippen LogP contribution in [0.25, 0.3) is 11.3 Å². The van der Waals surface area contributed by atoms with E-state index in [9.17, 15) is 13.2 Å². The van der Waals surface area contributed by atoms with E-state index in [1.165, 1.54) is 23.5 Å². The average molecular weight is 369 g/mol. The van der Waals surface area contributed by atoms with E-state index in [2.05, 4.69) is 0 Å². The smallest absolute Gasteiger partial charge is 0.261 e. The zero-order valence-corrected chi connectivity index (χ0v) is 14.8. The summed E-state index contributed by atoms with van der Waals surface area (Å²) in [5, 5.41) is 1.89. The highest BCUT2D eigenvalue weighted by atomic mass is 35.7. The molecule has 1 aromatic heterocycles. The zero-order valence-electron chi connectivity index (χ0n) is 12.4. The molecule has 2 aromatic rings. The lowest BCUT2D eigenvalue weighted by Gasteiger charge is -2.17. The molecule has 0 saturated carbocycles. The first-order chi connectivity index (χ1) is 10.7. The van der Waals surface area contributed by atoms with E-state index in [0.717, 1.165) is 4.88 Å². The van der Waals surface area contributed by atoms with Crippen LogP contribution in [0.1, 0.15) is 24.3 Å². The Morgan fingerprint density at radius 1 is 1.13 bits per heavy atom. The summed E-state index contributed by atoms with van der Waals surface area (Å²) in [5.74, 6) is 0.366. The van der Waals surface area contributed by atoms with Crippen LogP contribution in [0.4, 0.5) is 0 Å². The summed E-state index contributed by atoms with van der Waals surface area (Å²) in [4.78, 5) is 13.5. The van der Waals surface area contributed by atoms with Crippen LogP contribution in [0.5, 0.6) is 0 Å². The van der Waals surface area contributed by atoms with E-state index in [1.54, 1.807) is 26.0 Å². The third-order valence-electron chi connectivity index (χ3n) is 3.52. The van der Waals surface area contributed by atoms with Crippen LogP contribution in [-0.4, -0.2) is 19.8 Å². The molecule has 0 saturated heterocycles. The second kappa shape index (κ2) is 5.47. The second-order valence-electron chi connectivity index (χ2n) is 5.59. The Bertz CT molecular complexity index is 892. The molecule has 4 nitrogen and oxygen atoms in total. The number of hydrogen-bond donors (Lipinski definition) is 0. The maximum atomic E-state index is 12.6. The van der Waals surface area contributed by atoms with Gasteiger partial charge in [-0.05, 0) is 49.6 Å². The van der Waals surface area contributed by atoms with Crippen molar-refractivity contribution in [2.24, 2.45) is 0 Å². The number of ketones is 1. The normalized spacial score (nSPS) is 17.4. The maximum absolute atomic E-state index is 12.6. The Morgan fingerprint density at radius 2 is 1.78 bits per heavy atom. The molecule has 1 aliphatic rings. The monoisotopic (exact) mass is 368 g/mol. The minimum atomic E-state index is -3.78. The topological polar surface area (TPSA) is 60.4 Å². The number of carbonyl (C=O) groups excluding carboxylic acids is 1. The molecule has 3 rings (SSSR count). The fraction of sp³-hybridized carbons (Fsp3) is 0.188. The maximum Gasteiger partial charge on any atom is 0.261 e. The highest BCUT2D eigenvalue weighted by Crippen LogP contribution is 2.42. The Labute approximate surface area is 142 Å². The molecule has 120 valence electrons. The minimum absolute atomic E-state index is 0.00442. The van der Waals surface area contributed by atoms with Crippen molar-refractivity contribution in [3.63, 3.8) is 0 Å². The van der Waals surface area contributed by atoms with Gasteiger partial charge in [-0.3, -0.25) is 4.79 Å². The average Bonchev–Trinajstić information content (AvgIpc) is 3.06. The van der Waals surface area contributed by atoms with Gasteiger partial charge in [-0.1, -0.05) is 6.07 Å². The highest BCUT2D eigenvalue weighted by molar-refractivity contribution is 8.13. The quantitative estimate of drug-likeness (QED) is 0.770. The largest absolute Gasteiger partial charge is 0.478 e. The minimum Gasteiger partial charge on any atom is -0.478 e. The number of hydrogen-bond acceptors (Lipinski definition) is 5. The van der Waals surface area contributed by atoms with E-state index < -0.39 is 14.7 Å². The van der Waals surface area contributed by atoms with Gasteiger partial charge in [0, 0.05) is 21.1 Å². The molecule has 0 bridgehead atoms. The van der Waals surface area contributed by atoms with Gasteiger partial charge < -0.3 is 4.74 Å². The number of ether oxygens (including phenoxy) is 1. The summed E-state index contributed by atoms with van der Waals surface area (Å²) in [6.07, 6.45) is 0. The van der Waals surface area contributed by atoms with Gasteiger partial charge in [0.2, 0.25) is 5.78 Å². The van der Waals surface area contributed by atoms with E-state index in [4.69, 9.17) is 15.4 Å². The van der Waals surface area contributed by atoms with Crippen LogP contribution >= 0.6 is 22.0 Å². The lowest BCUT2D eigenvalue weighted by Crippen LogP contribution is -2.29. The Balaban J connectivity index is 2.13. The van der Waals surface area contributed by atoms with Crippen molar-refractivity contribution in [3.8, 4) is 0 Å². The van der Waals surface area contributed by atoms with Crippen LogP contribution in [0, 0.1) is 0 Å². The first kappa shape index (κ1) is 16.2. The zero-order chi connectivity index (χ0) is 16.8. The highest BCUT2D eigenvalue weighted by Gasteiger charge is 2.43. The first-order valence-corrected chi connectivity index (χ1v) is 9.96. The van der Waals surface area contributed by atoms with Crippen LogP contribution in [-0.2, 0) is 18.6 Å². The lowest BCUT2D eigenvalue weighted by atomic mass is 9.97. The van der Waals surface area contributed by atoms with E-state index in [1.807, 2.05) is 17.5 Å². The predicted octanol–water partition coefficient (Wildman–Crippen LogP) is 3.92. The Hall–Kier alpha value is -1.63. The summed E-state index contributed by atoms with van der Waals surface area (Å²) >= 11 is 1.45. The van der Waals surface area contributed by atoms with E-state index in [-0.39, 0.29) is 10.7 Å². The van der Waals surface area contributed by atoms with Gasteiger partial charge in [0.15, 0.2) is 5.60 Å². The van der Waals surface area contributed by atoms with Crippen LogP contribution < -0.4 is 0 Å². The molecule has 23 heavy (non-hydrogen) atoms. The van der Waals surface area contributed by atoms with Gasteiger partial charge in [-0.25, -0.2) is 8.42 Å². The van der Waals surface area contributed by atoms with Gasteiger partial charge in [-0.2, -0.15) is 0 Å².